The third-order valence-electron chi connectivity index (χ3n) is 5.25. The van der Waals surface area contributed by atoms with Crippen molar-refractivity contribution in [2.75, 3.05) is 45.3 Å². The van der Waals surface area contributed by atoms with E-state index in [2.05, 4.69) is 42.1 Å². The molecule has 4 rings (SSSR count). The number of morpholine rings is 1. The van der Waals surface area contributed by atoms with E-state index in [1.54, 1.807) is 11.3 Å². The molecule has 1 aliphatic heterocycles. The lowest BCUT2D eigenvalue weighted by Gasteiger charge is -2.27. The maximum Gasteiger partial charge on any atom is 0.124 e. The first-order valence-corrected chi connectivity index (χ1v) is 10.2. The molecular weight excluding hydrogens is 346 g/mol. The first-order valence-electron chi connectivity index (χ1n) is 9.40. The van der Waals surface area contributed by atoms with E-state index in [4.69, 9.17) is 9.72 Å². The molecule has 140 valence electrons. The van der Waals surface area contributed by atoms with Gasteiger partial charge in [-0.25, -0.2) is 4.98 Å². The normalized spacial score (nSPS) is 20.8. The summed E-state index contributed by atoms with van der Waals surface area (Å²) in [7, 11) is 4.15. The molecule has 0 bridgehead atoms. The highest BCUT2D eigenvalue weighted by Crippen LogP contribution is 2.39. The lowest BCUT2D eigenvalue weighted by atomic mass is 10.0. The summed E-state index contributed by atoms with van der Waals surface area (Å²) in [6.45, 7) is 4.46. The Balaban J connectivity index is 1.70. The molecule has 2 aliphatic rings. The molecule has 5 nitrogen and oxygen atoms in total. The number of nitrogens with zero attached hydrogens (tertiary/aromatic N) is 3. The van der Waals surface area contributed by atoms with E-state index < -0.39 is 0 Å². The van der Waals surface area contributed by atoms with Crippen LogP contribution in [0.5, 0.6) is 0 Å². The number of fused-ring (bicyclic) bond motifs is 1. The van der Waals surface area contributed by atoms with Crippen LogP contribution < -0.4 is 4.90 Å². The summed E-state index contributed by atoms with van der Waals surface area (Å²) in [6, 6.07) is 6.64. The summed E-state index contributed by atoms with van der Waals surface area (Å²) in [6.07, 6.45) is 2.53. The Kier molecular flexibility index (Phi) is 5.27. The standard InChI is InChI=1S/C20H27N3O2S/c1-22(2)15-6-7-16(14(12-15)13-23-8-10-25-11-9-23)20-21-17-4-3-5-18(24)19(17)26-20/h6-7,12,18,24H,3-5,8-11,13H2,1-2H3. The van der Waals surface area contributed by atoms with Gasteiger partial charge in [-0.2, -0.15) is 0 Å². The van der Waals surface area contributed by atoms with Gasteiger partial charge in [0, 0.05) is 45.0 Å². The van der Waals surface area contributed by atoms with E-state index >= 15 is 0 Å². The van der Waals surface area contributed by atoms with Crippen molar-refractivity contribution in [2.45, 2.75) is 31.9 Å². The molecule has 1 N–H and O–H groups in total. The molecule has 1 unspecified atom stereocenters. The third-order valence-corrected chi connectivity index (χ3v) is 6.49. The van der Waals surface area contributed by atoms with Gasteiger partial charge in [0.2, 0.25) is 0 Å². The molecule has 1 atom stereocenters. The zero-order valence-corrected chi connectivity index (χ0v) is 16.4. The second-order valence-corrected chi connectivity index (χ2v) is 8.39. The number of ether oxygens (including phenoxy) is 1. The fourth-order valence-electron chi connectivity index (χ4n) is 3.71. The lowest BCUT2D eigenvalue weighted by Crippen LogP contribution is -2.35. The zero-order chi connectivity index (χ0) is 18.1. The van der Waals surface area contributed by atoms with Crippen molar-refractivity contribution >= 4 is 17.0 Å². The molecule has 1 aliphatic carbocycles. The van der Waals surface area contributed by atoms with Crippen molar-refractivity contribution in [3.05, 3.63) is 34.3 Å². The van der Waals surface area contributed by atoms with Crippen LogP contribution in [0.1, 0.15) is 35.1 Å². The summed E-state index contributed by atoms with van der Waals surface area (Å²) in [4.78, 5) is 10.6. The van der Waals surface area contributed by atoms with Crippen molar-refractivity contribution in [2.24, 2.45) is 0 Å². The predicted octanol–water partition coefficient (Wildman–Crippen LogP) is 3.08. The topological polar surface area (TPSA) is 48.8 Å². The van der Waals surface area contributed by atoms with Crippen LogP contribution in [-0.4, -0.2) is 55.4 Å². The molecule has 1 aromatic carbocycles. The monoisotopic (exact) mass is 373 g/mol. The number of rotatable bonds is 4. The SMILES string of the molecule is CN(C)c1ccc(-c2nc3c(s2)C(O)CCC3)c(CN2CCOCC2)c1. The van der Waals surface area contributed by atoms with Crippen molar-refractivity contribution in [1.29, 1.82) is 0 Å². The molecule has 1 saturated heterocycles. The molecule has 0 radical (unpaired) electrons. The van der Waals surface area contributed by atoms with Gasteiger partial charge in [0.05, 0.1) is 29.9 Å². The van der Waals surface area contributed by atoms with Crippen LogP contribution in [-0.2, 0) is 17.7 Å². The van der Waals surface area contributed by atoms with Gasteiger partial charge in [0.15, 0.2) is 0 Å². The van der Waals surface area contributed by atoms with Gasteiger partial charge in [-0.3, -0.25) is 4.90 Å². The molecule has 2 aromatic rings. The largest absolute Gasteiger partial charge is 0.388 e. The fraction of sp³-hybridized carbons (Fsp3) is 0.550. The molecule has 0 spiro atoms. The average molecular weight is 374 g/mol. The molecular formula is C20H27N3O2S. The minimum atomic E-state index is -0.339. The van der Waals surface area contributed by atoms with E-state index in [0.717, 1.165) is 67.7 Å². The number of benzene rings is 1. The summed E-state index contributed by atoms with van der Waals surface area (Å²) >= 11 is 1.67. The van der Waals surface area contributed by atoms with E-state index in [0.29, 0.717) is 0 Å². The number of hydrogen-bond donors (Lipinski definition) is 1. The van der Waals surface area contributed by atoms with Gasteiger partial charge < -0.3 is 14.7 Å². The van der Waals surface area contributed by atoms with Crippen LogP contribution in [0.15, 0.2) is 18.2 Å². The van der Waals surface area contributed by atoms with Crippen LogP contribution in [0.2, 0.25) is 0 Å². The van der Waals surface area contributed by atoms with Crippen LogP contribution in [0, 0.1) is 0 Å². The maximum absolute atomic E-state index is 10.3. The second-order valence-electron chi connectivity index (χ2n) is 7.36. The summed E-state index contributed by atoms with van der Waals surface area (Å²) in [5.41, 5.74) is 4.81. The van der Waals surface area contributed by atoms with Crippen molar-refractivity contribution < 1.29 is 9.84 Å². The van der Waals surface area contributed by atoms with Gasteiger partial charge in [0.1, 0.15) is 5.01 Å². The second kappa shape index (κ2) is 7.64. The Bertz CT molecular complexity index is 768. The van der Waals surface area contributed by atoms with Crippen molar-refractivity contribution in [3.8, 4) is 10.6 Å². The van der Waals surface area contributed by atoms with Crippen LogP contribution in [0.3, 0.4) is 0 Å². The molecule has 26 heavy (non-hydrogen) atoms. The molecule has 1 fully saturated rings. The number of anilines is 1. The molecule has 1 aromatic heterocycles. The Morgan fingerprint density at radius 1 is 1.31 bits per heavy atom. The smallest absolute Gasteiger partial charge is 0.124 e. The highest BCUT2D eigenvalue weighted by Gasteiger charge is 2.24. The third kappa shape index (κ3) is 3.64. The van der Waals surface area contributed by atoms with E-state index in [1.807, 2.05) is 0 Å². The van der Waals surface area contributed by atoms with Crippen LogP contribution >= 0.6 is 11.3 Å². The number of aryl methyl sites for hydroxylation is 1. The Hall–Kier alpha value is -1.47. The summed E-state index contributed by atoms with van der Waals surface area (Å²) in [5.74, 6) is 0. The minimum absolute atomic E-state index is 0.339. The number of aliphatic hydroxyl groups is 1. The number of hydrogen-bond acceptors (Lipinski definition) is 6. The Labute approximate surface area is 159 Å². The Morgan fingerprint density at radius 2 is 2.12 bits per heavy atom. The highest BCUT2D eigenvalue weighted by molar-refractivity contribution is 7.15. The predicted molar refractivity (Wildman–Crippen MR) is 106 cm³/mol. The maximum atomic E-state index is 10.3. The van der Waals surface area contributed by atoms with E-state index in [-0.39, 0.29) is 6.10 Å². The highest BCUT2D eigenvalue weighted by atomic mass is 32.1. The quantitative estimate of drug-likeness (QED) is 0.893. The average Bonchev–Trinajstić information content (AvgIpc) is 3.08. The molecule has 0 amide bonds. The first kappa shape index (κ1) is 17.9. The molecule has 2 heterocycles. The van der Waals surface area contributed by atoms with Gasteiger partial charge in [0.25, 0.3) is 0 Å². The number of aliphatic hydroxyl groups excluding tert-OH is 1. The number of aromatic nitrogens is 1. The van der Waals surface area contributed by atoms with Gasteiger partial charge in [-0.1, -0.05) is 0 Å². The van der Waals surface area contributed by atoms with Gasteiger partial charge in [-0.05, 0) is 43.0 Å². The van der Waals surface area contributed by atoms with Gasteiger partial charge in [-0.15, -0.1) is 11.3 Å². The molecule has 0 saturated carbocycles. The molecule has 6 heteroatoms. The lowest BCUT2D eigenvalue weighted by molar-refractivity contribution is 0.0342. The zero-order valence-electron chi connectivity index (χ0n) is 15.6. The first-order chi connectivity index (χ1) is 12.6. The van der Waals surface area contributed by atoms with Gasteiger partial charge >= 0.3 is 0 Å². The van der Waals surface area contributed by atoms with Crippen LogP contribution in [0.25, 0.3) is 10.6 Å². The van der Waals surface area contributed by atoms with Crippen molar-refractivity contribution in [1.82, 2.24) is 9.88 Å². The van der Waals surface area contributed by atoms with E-state index in [9.17, 15) is 5.11 Å². The van der Waals surface area contributed by atoms with E-state index in [1.165, 1.54) is 16.8 Å². The van der Waals surface area contributed by atoms with Crippen LogP contribution in [0.4, 0.5) is 5.69 Å². The fourth-order valence-corrected chi connectivity index (χ4v) is 4.90. The minimum Gasteiger partial charge on any atom is -0.388 e. The summed E-state index contributed by atoms with van der Waals surface area (Å²) < 4.78 is 5.49. The summed E-state index contributed by atoms with van der Waals surface area (Å²) in [5, 5.41) is 11.4. The number of thiazole rings is 1. The Morgan fingerprint density at radius 3 is 2.85 bits per heavy atom. The van der Waals surface area contributed by atoms with Crippen molar-refractivity contribution in [3.63, 3.8) is 0 Å².